The number of aryl methyl sites for hydroxylation is 1. The third-order valence-corrected chi connectivity index (χ3v) is 2.57. The van der Waals surface area contributed by atoms with Crippen molar-refractivity contribution in [3.8, 4) is 0 Å². The molecule has 0 spiro atoms. The Kier molecular flexibility index (Phi) is 4.35. The van der Waals surface area contributed by atoms with E-state index in [1.54, 1.807) is 6.26 Å². The standard InChI is InChI=1S/C12H18N4O2/c1-9(5-6-10-4-3-7-17-10)14-12-16-15-11(18-12)8-13-2/h3-4,7,9,13H,5-6,8H2,1-2H3,(H,14,16). The van der Waals surface area contributed by atoms with Crippen LogP contribution in [0.1, 0.15) is 25.0 Å². The van der Waals surface area contributed by atoms with Crippen LogP contribution < -0.4 is 10.6 Å². The number of furan rings is 1. The Hall–Kier alpha value is -1.82. The number of anilines is 1. The zero-order valence-electron chi connectivity index (χ0n) is 10.6. The number of aromatic nitrogens is 2. The van der Waals surface area contributed by atoms with Gasteiger partial charge in [-0.25, -0.2) is 0 Å². The molecule has 1 unspecified atom stereocenters. The second kappa shape index (κ2) is 6.20. The highest BCUT2D eigenvalue weighted by Gasteiger charge is 2.09. The van der Waals surface area contributed by atoms with Crippen molar-refractivity contribution in [3.63, 3.8) is 0 Å². The number of hydrogen-bond donors (Lipinski definition) is 2. The lowest BCUT2D eigenvalue weighted by Gasteiger charge is -2.10. The molecule has 0 saturated heterocycles. The average Bonchev–Trinajstić information content (AvgIpc) is 2.99. The van der Waals surface area contributed by atoms with Gasteiger partial charge in [0, 0.05) is 12.5 Å². The summed E-state index contributed by atoms with van der Waals surface area (Å²) < 4.78 is 10.7. The molecule has 2 N–H and O–H groups in total. The van der Waals surface area contributed by atoms with Crippen molar-refractivity contribution in [2.45, 2.75) is 32.4 Å². The largest absolute Gasteiger partial charge is 0.469 e. The summed E-state index contributed by atoms with van der Waals surface area (Å²) in [4.78, 5) is 0. The molecule has 0 aliphatic rings. The van der Waals surface area contributed by atoms with Crippen LogP contribution in [-0.2, 0) is 13.0 Å². The highest BCUT2D eigenvalue weighted by Crippen LogP contribution is 2.11. The monoisotopic (exact) mass is 250 g/mol. The summed E-state index contributed by atoms with van der Waals surface area (Å²) in [5.41, 5.74) is 0. The van der Waals surface area contributed by atoms with Gasteiger partial charge in [0.25, 0.3) is 0 Å². The van der Waals surface area contributed by atoms with Gasteiger partial charge in [0.2, 0.25) is 5.89 Å². The fourth-order valence-electron chi connectivity index (χ4n) is 1.63. The second-order valence-electron chi connectivity index (χ2n) is 4.19. The van der Waals surface area contributed by atoms with Crippen molar-refractivity contribution in [2.24, 2.45) is 0 Å². The topological polar surface area (TPSA) is 76.1 Å². The van der Waals surface area contributed by atoms with E-state index in [2.05, 4.69) is 27.8 Å². The van der Waals surface area contributed by atoms with Crippen LogP contribution in [0.3, 0.4) is 0 Å². The fourth-order valence-corrected chi connectivity index (χ4v) is 1.63. The van der Waals surface area contributed by atoms with Crippen molar-refractivity contribution in [1.29, 1.82) is 0 Å². The predicted molar refractivity (Wildman–Crippen MR) is 67.2 cm³/mol. The first-order valence-electron chi connectivity index (χ1n) is 6.04. The molecule has 2 rings (SSSR count). The van der Waals surface area contributed by atoms with Crippen molar-refractivity contribution in [3.05, 3.63) is 30.0 Å². The van der Waals surface area contributed by atoms with Gasteiger partial charge in [0.15, 0.2) is 0 Å². The van der Waals surface area contributed by atoms with E-state index in [-0.39, 0.29) is 6.04 Å². The lowest BCUT2D eigenvalue weighted by Crippen LogP contribution is -2.16. The highest BCUT2D eigenvalue weighted by molar-refractivity contribution is 5.19. The summed E-state index contributed by atoms with van der Waals surface area (Å²) in [6.07, 6.45) is 3.52. The summed E-state index contributed by atoms with van der Waals surface area (Å²) in [5, 5.41) is 14.0. The van der Waals surface area contributed by atoms with Gasteiger partial charge in [-0.3, -0.25) is 0 Å². The van der Waals surface area contributed by atoms with Crippen LogP contribution in [0.2, 0.25) is 0 Å². The van der Waals surface area contributed by atoms with Crippen molar-refractivity contribution in [2.75, 3.05) is 12.4 Å². The lowest BCUT2D eigenvalue weighted by atomic mass is 10.1. The summed E-state index contributed by atoms with van der Waals surface area (Å²) in [5.74, 6) is 1.57. The summed E-state index contributed by atoms with van der Waals surface area (Å²) >= 11 is 0. The minimum absolute atomic E-state index is 0.248. The molecule has 0 saturated carbocycles. The Bertz CT molecular complexity index is 452. The molecule has 2 heterocycles. The van der Waals surface area contributed by atoms with E-state index in [1.807, 2.05) is 19.2 Å². The van der Waals surface area contributed by atoms with Crippen molar-refractivity contribution >= 4 is 6.01 Å². The number of nitrogens with one attached hydrogen (secondary N) is 2. The predicted octanol–water partition coefficient (Wildman–Crippen LogP) is 1.82. The SMILES string of the molecule is CNCc1nnc(NC(C)CCc2ccco2)o1. The molecule has 98 valence electrons. The number of rotatable bonds is 7. The van der Waals surface area contributed by atoms with Crippen LogP contribution in [-0.4, -0.2) is 23.3 Å². The van der Waals surface area contributed by atoms with Crippen LogP contribution in [0.4, 0.5) is 6.01 Å². The van der Waals surface area contributed by atoms with Crippen LogP contribution in [0, 0.1) is 0 Å². The zero-order valence-corrected chi connectivity index (χ0v) is 10.6. The molecule has 0 aliphatic carbocycles. The molecule has 0 aromatic carbocycles. The molecule has 18 heavy (non-hydrogen) atoms. The molecule has 0 aliphatic heterocycles. The van der Waals surface area contributed by atoms with Gasteiger partial charge in [-0.1, -0.05) is 5.10 Å². The normalized spacial score (nSPS) is 12.6. The Morgan fingerprint density at radius 1 is 1.39 bits per heavy atom. The third kappa shape index (κ3) is 3.59. The maximum atomic E-state index is 5.41. The minimum Gasteiger partial charge on any atom is -0.469 e. The van der Waals surface area contributed by atoms with E-state index in [0.29, 0.717) is 18.5 Å². The second-order valence-corrected chi connectivity index (χ2v) is 4.19. The molecule has 1 atom stereocenters. The van der Waals surface area contributed by atoms with Crippen LogP contribution in [0.15, 0.2) is 27.2 Å². The zero-order chi connectivity index (χ0) is 12.8. The van der Waals surface area contributed by atoms with Gasteiger partial charge in [0.1, 0.15) is 5.76 Å². The number of hydrogen-bond acceptors (Lipinski definition) is 6. The molecule has 6 nitrogen and oxygen atoms in total. The Morgan fingerprint density at radius 2 is 2.28 bits per heavy atom. The van der Waals surface area contributed by atoms with Gasteiger partial charge in [0.05, 0.1) is 12.8 Å². The molecule has 0 radical (unpaired) electrons. The molecule has 6 heteroatoms. The summed E-state index contributed by atoms with van der Waals surface area (Å²) in [6.45, 7) is 2.65. The molecular formula is C12H18N4O2. The molecular weight excluding hydrogens is 232 g/mol. The van der Waals surface area contributed by atoms with Crippen LogP contribution in [0.25, 0.3) is 0 Å². The van der Waals surface area contributed by atoms with Gasteiger partial charge >= 0.3 is 6.01 Å². The van der Waals surface area contributed by atoms with E-state index in [0.717, 1.165) is 18.6 Å². The minimum atomic E-state index is 0.248. The van der Waals surface area contributed by atoms with Crippen molar-refractivity contribution < 1.29 is 8.83 Å². The first-order chi connectivity index (χ1) is 8.78. The quantitative estimate of drug-likeness (QED) is 0.780. The van der Waals surface area contributed by atoms with E-state index in [1.165, 1.54) is 0 Å². The van der Waals surface area contributed by atoms with Crippen LogP contribution in [0.5, 0.6) is 0 Å². The lowest BCUT2D eigenvalue weighted by molar-refractivity contribution is 0.475. The molecule has 2 aromatic rings. The number of nitrogens with zero attached hydrogens (tertiary/aromatic N) is 2. The van der Waals surface area contributed by atoms with E-state index in [4.69, 9.17) is 8.83 Å². The highest BCUT2D eigenvalue weighted by atomic mass is 16.4. The molecule has 0 amide bonds. The van der Waals surface area contributed by atoms with Gasteiger partial charge in [-0.2, -0.15) is 0 Å². The van der Waals surface area contributed by atoms with Crippen molar-refractivity contribution in [1.82, 2.24) is 15.5 Å². The molecule has 2 aromatic heterocycles. The van der Waals surface area contributed by atoms with E-state index in [9.17, 15) is 0 Å². The third-order valence-electron chi connectivity index (χ3n) is 2.57. The average molecular weight is 250 g/mol. The van der Waals surface area contributed by atoms with Gasteiger partial charge < -0.3 is 19.5 Å². The van der Waals surface area contributed by atoms with Gasteiger partial charge in [-0.05, 0) is 32.5 Å². The molecule has 0 bridgehead atoms. The van der Waals surface area contributed by atoms with E-state index >= 15 is 0 Å². The first-order valence-corrected chi connectivity index (χ1v) is 6.04. The summed E-state index contributed by atoms with van der Waals surface area (Å²) in [6, 6.07) is 4.59. The summed E-state index contributed by atoms with van der Waals surface area (Å²) in [7, 11) is 1.84. The molecule has 0 fully saturated rings. The Labute approximate surface area is 106 Å². The maximum absolute atomic E-state index is 5.41. The Morgan fingerprint density at radius 3 is 3.00 bits per heavy atom. The van der Waals surface area contributed by atoms with E-state index < -0.39 is 0 Å². The smallest absolute Gasteiger partial charge is 0.315 e. The van der Waals surface area contributed by atoms with Crippen LogP contribution >= 0.6 is 0 Å². The maximum Gasteiger partial charge on any atom is 0.315 e. The first kappa shape index (κ1) is 12.6. The fraction of sp³-hybridized carbons (Fsp3) is 0.500. The Balaban J connectivity index is 1.77. The van der Waals surface area contributed by atoms with Gasteiger partial charge in [-0.15, -0.1) is 5.10 Å².